The summed E-state index contributed by atoms with van der Waals surface area (Å²) in [5.41, 5.74) is 4.06. The molecule has 0 unspecified atom stereocenters. The molecule has 0 spiro atoms. The fourth-order valence-corrected chi connectivity index (χ4v) is 6.78. The van der Waals surface area contributed by atoms with Crippen LogP contribution in [0.3, 0.4) is 0 Å². The summed E-state index contributed by atoms with van der Waals surface area (Å²) in [5, 5.41) is 4.19. The van der Waals surface area contributed by atoms with Crippen molar-refractivity contribution >= 4 is 61.6 Å². The number of hydrogen-bond donors (Lipinski definition) is 1. The maximum atomic E-state index is 13.9. The van der Waals surface area contributed by atoms with E-state index in [9.17, 15) is 22.8 Å². The average Bonchev–Trinajstić information content (AvgIpc) is 3.39. The minimum atomic E-state index is -4.72. The van der Waals surface area contributed by atoms with E-state index in [1.807, 2.05) is 6.07 Å². The molecule has 0 bridgehead atoms. The van der Waals surface area contributed by atoms with Gasteiger partial charge >= 0.3 is 16.2 Å². The quantitative estimate of drug-likeness (QED) is 0.237. The summed E-state index contributed by atoms with van der Waals surface area (Å²) in [6.07, 6.45) is 0. The lowest BCUT2D eigenvalue weighted by Crippen LogP contribution is -2.61. The zero-order valence-electron chi connectivity index (χ0n) is 22.8. The average molecular weight is 604 g/mol. The molecule has 42 heavy (non-hydrogen) atoms. The highest BCUT2D eigenvalue weighted by Crippen LogP contribution is 2.35. The first-order chi connectivity index (χ1) is 20.2. The number of hydrogen-bond acceptors (Lipinski definition) is 10. The normalized spacial score (nSPS) is 14.6. The third-order valence-electron chi connectivity index (χ3n) is 6.39. The van der Waals surface area contributed by atoms with E-state index in [1.165, 1.54) is 12.1 Å². The highest BCUT2D eigenvalue weighted by atomic mass is 32.2. The Bertz CT molecular complexity index is 1760. The van der Waals surface area contributed by atoms with Crippen LogP contribution in [0.4, 0.5) is 16.4 Å². The molecule has 1 fully saturated rings. The number of benzene rings is 3. The molecule has 4 aromatic rings. The fraction of sp³-hybridized carbons (Fsp3) is 0.138. The van der Waals surface area contributed by atoms with Crippen molar-refractivity contribution in [2.24, 2.45) is 5.10 Å². The molecule has 1 N–H and O–H groups in total. The van der Waals surface area contributed by atoms with Gasteiger partial charge in [0.2, 0.25) is 5.71 Å². The van der Waals surface area contributed by atoms with Gasteiger partial charge in [-0.25, -0.2) is 4.79 Å². The Hall–Kier alpha value is -4.88. The van der Waals surface area contributed by atoms with Gasteiger partial charge in [0, 0.05) is 5.56 Å². The van der Waals surface area contributed by atoms with Gasteiger partial charge in [-0.2, -0.15) is 26.5 Å². The Kier molecular flexibility index (Phi) is 7.87. The maximum Gasteiger partial charge on any atom is 0.343 e. The molecule has 1 aliphatic rings. The standard InChI is InChI=1S/C29H25N5O6S2/c1-4-40-29(37)23-24(20-14-6-5-7-15-20)32-41-26(23)31-30-25-27(35)33(21-16-10-8-12-18(21)2)42(38,39)34(28(25)36)22-17-11-9-13-19(22)3/h5-17,31H,4H2,1-3H3. The van der Waals surface area contributed by atoms with E-state index in [0.717, 1.165) is 11.5 Å². The topological polar surface area (TPSA) is 138 Å². The first-order valence-corrected chi connectivity index (χ1v) is 14.9. The highest BCUT2D eigenvalue weighted by Gasteiger charge is 2.50. The molecule has 3 aromatic carbocycles. The summed E-state index contributed by atoms with van der Waals surface area (Å²) < 4.78 is 38.5. The number of ether oxygens (including phenoxy) is 1. The summed E-state index contributed by atoms with van der Waals surface area (Å²) >= 11 is 0.878. The minimum Gasteiger partial charge on any atom is -0.462 e. The third kappa shape index (κ3) is 5.03. The lowest BCUT2D eigenvalue weighted by Gasteiger charge is -2.35. The van der Waals surface area contributed by atoms with E-state index in [-0.39, 0.29) is 28.5 Å². The van der Waals surface area contributed by atoms with Crippen LogP contribution in [-0.4, -0.2) is 42.9 Å². The third-order valence-corrected chi connectivity index (χ3v) is 8.79. The van der Waals surface area contributed by atoms with Crippen molar-refractivity contribution in [2.75, 3.05) is 20.6 Å². The second kappa shape index (κ2) is 11.5. The van der Waals surface area contributed by atoms with Crippen molar-refractivity contribution in [1.82, 2.24) is 4.37 Å². The molecule has 2 heterocycles. The van der Waals surface area contributed by atoms with Crippen LogP contribution in [0.15, 0.2) is 84.0 Å². The molecular weight excluding hydrogens is 578 g/mol. The van der Waals surface area contributed by atoms with Crippen LogP contribution in [0.5, 0.6) is 0 Å². The molecule has 214 valence electrons. The number of anilines is 3. The van der Waals surface area contributed by atoms with Crippen molar-refractivity contribution in [3.8, 4) is 11.3 Å². The number of esters is 1. The molecule has 5 rings (SSSR count). The molecule has 13 heteroatoms. The summed E-state index contributed by atoms with van der Waals surface area (Å²) in [6, 6.07) is 21.7. The number of hydrazone groups is 1. The predicted octanol–water partition coefficient (Wildman–Crippen LogP) is 4.70. The van der Waals surface area contributed by atoms with Gasteiger partial charge < -0.3 is 4.74 Å². The van der Waals surface area contributed by atoms with Crippen LogP contribution in [-0.2, 0) is 24.5 Å². The number of carbonyl (C=O) groups is 3. The van der Waals surface area contributed by atoms with Gasteiger partial charge in [-0.15, -0.1) is 0 Å². The Morgan fingerprint density at radius 2 is 1.40 bits per heavy atom. The SMILES string of the molecule is CCOC(=O)c1c(-c2ccccc2)nsc1NN=C1C(=O)N(c2ccccc2C)S(=O)(=O)N(c2ccccc2C)C1=O. The zero-order valence-corrected chi connectivity index (χ0v) is 24.4. The molecule has 11 nitrogen and oxygen atoms in total. The fourth-order valence-electron chi connectivity index (χ4n) is 4.38. The molecule has 0 atom stereocenters. The number of aryl methyl sites for hydroxylation is 2. The number of amides is 2. The van der Waals surface area contributed by atoms with Crippen molar-refractivity contribution < 1.29 is 27.5 Å². The number of aromatic nitrogens is 1. The van der Waals surface area contributed by atoms with Gasteiger partial charge in [0.25, 0.3) is 11.8 Å². The maximum absolute atomic E-state index is 13.9. The van der Waals surface area contributed by atoms with E-state index in [1.54, 1.807) is 81.4 Å². The Morgan fingerprint density at radius 3 is 1.93 bits per heavy atom. The molecular formula is C29H25N5O6S2. The Morgan fingerprint density at radius 1 is 0.881 bits per heavy atom. The van der Waals surface area contributed by atoms with E-state index in [4.69, 9.17) is 4.74 Å². The predicted molar refractivity (Wildman–Crippen MR) is 161 cm³/mol. The number of nitrogens with zero attached hydrogens (tertiary/aromatic N) is 4. The summed E-state index contributed by atoms with van der Waals surface area (Å²) in [4.78, 5) is 40.5. The zero-order chi connectivity index (χ0) is 30.0. The molecule has 1 saturated heterocycles. The smallest absolute Gasteiger partial charge is 0.343 e. The van der Waals surface area contributed by atoms with Crippen LogP contribution in [0.25, 0.3) is 11.3 Å². The number of rotatable bonds is 7. The Balaban J connectivity index is 1.65. The lowest BCUT2D eigenvalue weighted by atomic mass is 10.1. The van der Waals surface area contributed by atoms with Gasteiger partial charge in [0.15, 0.2) is 0 Å². The monoisotopic (exact) mass is 603 g/mol. The number of para-hydroxylation sites is 2. The van der Waals surface area contributed by atoms with E-state index < -0.39 is 33.7 Å². The first kappa shape index (κ1) is 28.6. The molecule has 0 aliphatic carbocycles. The summed E-state index contributed by atoms with van der Waals surface area (Å²) in [5.74, 6) is -2.99. The molecule has 1 aromatic heterocycles. The second-order valence-electron chi connectivity index (χ2n) is 9.11. The van der Waals surface area contributed by atoms with Crippen molar-refractivity contribution in [1.29, 1.82) is 0 Å². The molecule has 2 amide bonds. The summed E-state index contributed by atoms with van der Waals surface area (Å²) in [7, 11) is -4.72. The first-order valence-electron chi connectivity index (χ1n) is 12.8. The lowest BCUT2D eigenvalue weighted by molar-refractivity contribution is -0.116. The van der Waals surface area contributed by atoms with Crippen molar-refractivity contribution in [3.05, 3.63) is 95.6 Å². The van der Waals surface area contributed by atoms with Crippen LogP contribution < -0.4 is 14.0 Å². The second-order valence-corrected chi connectivity index (χ2v) is 11.5. The molecule has 0 saturated carbocycles. The van der Waals surface area contributed by atoms with Gasteiger partial charge in [0.05, 0.1) is 18.0 Å². The van der Waals surface area contributed by atoms with Crippen LogP contribution in [0.1, 0.15) is 28.4 Å². The van der Waals surface area contributed by atoms with Crippen molar-refractivity contribution in [2.45, 2.75) is 20.8 Å². The van der Waals surface area contributed by atoms with E-state index in [0.29, 0.717) is 31.0 Å². The molecule has 1 aliphatic heterocycles. The highest BCUT2D eigenvalue weighted by molar-refractivity contribution is 7.96. The van der Waals surface area contributed by atoms with Gasteiger partial charge in [-0.3, -0.25) is 15.0 Å². The van der Waals surface area contributed by atoms with Gasteiger partial charge in [0.1, 0.15) is 16.3 Å². The van der Waals surface area contributed by atoms with Crippen LogP contribution in [0, 0.1) is 13.8 Å². The number of carbonyl (C=O) groups excluding carboxylic acids is 3. The number of nitrogens with one attached hydrogen (secondary N) is 1. The Labute approximate surface area is 246 Å². The largest absolute Gasteiger partial charge is 0.462 e. The van der Waals surface area contributed by atoms with E-state index >= 15 is 0 Å². The van der Waals surface area contributed by atoms with Crippen molar-refractivity contribution in [3.63, 3.8) is 0 Å². The van der Waals surface area contributed by atoms with Crippen LogP contribution >= 0.6 is 11.5 Å². The van der Waals surface area contributed by atoms with Crippen LogP contribution in [0.2, 0.25) is 0 Å². The summed E-state index contributed by atoms with van der Waals surface area (Å²) in [6.45, 7) is 5.06. The molecule has 0 radical (unpaired) electrons. The van der Waals surface area contributed by atoms with E-state index in [2.05, 4.69) is 14.9 Å². The minimum absolute atomic E-state index is 0.0623. The van der Waals surface area contributed by atoms with Gasteiger partial charge in [-0.05, 0) is 55.6 Å². The van der Waals surface area contributed by atoms with Gasteiger partial charge in [-0.1, -0.05) is 66.7 Å².